The molecule has 1 atom stereocenters. The van der Waals surface area contributed by atoms with Crippen LogP contribution in [0.3, 0.4) is 0 Å². The molecular weight excluding hydrogens is 247 g/mol. The van der Waals surface area contributed by atoms with Gasteiger partial charge in [-0.2, -0.15) is 18.2 Å². The van der Waals surface area contributed by atoms with Gasteiger partial charge in [-0.05, 0) is 19.8 Å². The van der Waals surface area contributed by atoms with E-state index in [0.717, 1.165) is 0 Å². The van der Waals surface area contributed by atoms with E-state index in [0.29, 0.717) is 0 Å². The van der Waals surface area contributed by atoms with Gasteiger partial charge in [0.1, 0.15) is 5.84 Å². The maximum Gasteiger partial charge on any atom is 0.389 e. The highest BCUT2D eigenvalue weighted by Gasteiger charge is 2.44. The van der Waals surface area contributed by atoms with Gasteiger partial charge in [0.2, 0.25) is 0 Å². The molecule has 18 heavy (non-hydrogen) atoms. The number of hydrogen-bond acceptors (Lipinski definition) is 2. The SMILES string of the molecule is C=CCN1C(=O)N=C(N)C1(C)CCCC(F)(F)F. The monoisotopic (exact) mass is 263 g/mol. The smallest absolute Gasteiger partial charge is 0.385 e. The molecule has 7 heteroatoms. The number of amidine groups is 1. The third-order valence-electron chi connectivity index (χ3n) is 3.03. The number of rotatable bonds is 5. The summed E-state index contributed by atoms with van der Waals surface area (Å²) in [6, 6.07) is -0.526. The second-order valence-corrected chi connectivity index (χ2v) is 4.42. The lowest BCUT2D eigenvalue weighted by Gasteiger charge is -2.34. The molecule has 0 radical (unpaired) electrons. The third-order valence-corrected chi connectivity index (χ3v) is 3.03. The predicted octanol–water partition coefficient (Wildman–Crippen LogP) is 2.46. The Balaban J connectivity index is 2.72. The van der Waals surface area contributed by atoms with Crippen LogP contribution in [0.5, 0.6) is 0 Å². The summed E-state index contributed by atoms with van der Waals surface area (Å²) < 4.78 is 36.3. The van der Waals surface area contributed by atoms with Gasteiger partial charge in [0.25, 0.3) is 0 Å². The van der Waals surface area contributed by atoms with Gasteiger partial charge in [0.15, 0.2) is 0 Å². The lowest BCUT2D eigenvalue weighted by molar-refractivity contribution is -0.136. The van der Waals surface area contributed by atoms with Crippen LogP contribution in [0.25, 0.3) is 0 Å². The predicted molar refractivity (Wildman–Crippen MR) is 62.2 cm³/mol. The number of alkyl halides is 3. The van der Waals surface area contributed by atoms with E-state index in [1.807, 2.05) is 0 Å². The number of aliphatic imine (C=N–C) groups is 1. The zero-order valence-corrected chi connectivity index (χ0v) is 10.1. The molecule has 0 bridgehead atoms. The Bertz CT molecular complexity index is 378. The molecule has 1 aliphatic heterocycles. The van der Waals surface area contributed by atoms with Crippen LogP contribution in [0.1, 0.15) is 26.2 Å². The minimum Gasteiger partial charge on any atom is -0.385 e. The molecule has 2 amide bonds. The van der Waals surface area contributed by atoms with E-state index in [2.05, 4.69) is 11.6 Å². The van der Waals surface area contributed by atoms with Gasteiger partial charge in [-0.25, -0.2) is 4.79 Å². The summed E-state index contributed by atoms with van der Waals surface area (Å²) in [4.78, 5) is 16.5. The quantitative estimate of drug-likeness (QED) is 0.774. The molecule has 1 unspecified atom stereocenters. The Morgan fingerprint density at radius 2 is 2.17 bits per heavy atom. The lowest BCUT2D eigenvalue weighted by atomic mass is 9.92. The first kappa shape index (κ1) is 14.5. The topological polar surface area (TPSA) is 58.7 Å². The Kier molecular flexibility index (Phi) is 4.03. The number of urea groups is 1. The molecule has 0 saturated carbocycles. The van der Waals surface area contributed by atoms with Crippen molar-refractivity contribution in [3.63, 3.8) is 0 Å². The Morgan fingerprint density at radius 3 is 2.67 bits per heavy atom. The average Bonchev–Trinajstić information content (AvgIpc) is 2.41. The van der Waals surface area contributed by atoms with Gasteiger partial charge in [-0.15, -0.1) is 6.58 Å². The fourth-order valence-electron chi connectivity index (χ4n) is 1.94. The number of carbonyl (C=O) groups excluding carboxylic acids is 1. The van der Waals surface area contributed by atoms with Crippen molar-refractivity contribution in [3.05, 3.63) is 12.7 Å². The van der Waals surface area contributed by atoms with Gasteiger partial charge < -0.3 is 10.6 Å². The first-order chi connectivity index (χ1) is 8.20. The van der Waals surface area contributed by atoms with Crippen molar-refractivity contribution in [3.8, 4) is 0 Å². The molecule has 102 valence electrons. The van der Waals surface area contributed by atoms with Crippen LogP contribution in [0, 0.1) is 0 Å². The van der Waals surface area contributed by atoms with Gasteiger partial charge >= 0.3 is 12.2 Å². The summed E-state index contributed by atoms with van der Waals surface area (Å²) in [5.41, 5.74) is 4.70. The molecule has 2 N–H and O–H groups in total. The maximum atomic E-state index is 12.1. The molecule has 0 aromatic carbocycles. The maximum absolute atomic E-state index is 12.1. The molecule has 0 aliphatic carbocycles. The van der Waals surface area contributed by atoms with Crippen molar-refractivity contribution in [2.45, 2.75) is 37.9 Å². The van der Waals surface area contributed by atoms with Crippen LogP contribution in [-0.2, 0) is 0 Å². The second-order valence-electron chi connectivity index (χ2n) is 4.42. The first-order valence-electron chi connectivity index (χ1n) is 5.54. The molecule has 0 spiro atoms. The molecule has 0 aromatic heterocycles. The lowest BCUT2D eigenvalue weighted by Crippen LogP contribution is -2.51. The molecule has 4 nitrogen and oxygen atoms in total. The van der Waals surface area contributed by atoms with Crippen LogP contribution in [0.15, 0.2) is 17.6 Å². The normalized spacial score (nSPS) is 24.3. The van der Waals surface area contributed by atoms with E-state index in [4.69, 9.17) is 5.73 Å². The summed E-state index contributed by atoms with van der Waals surface area (Å²) in [6.45, 7) is 5.34. The van der Waals surface area contributed by atoms with E-state index in [-0.39, 0.29) is 25.2 Å². The Hall–Kier alpha value is -1.53. The number of nitrogens with zero attached hydrogens (tertiary/aromatic N) is 2. The molecular formula is C11H16F3N3O. The van der Waals surface area contributed by atoms with Crippen molar-refractivity contribution in [2.24, 2.45) is 10.7 Å². The number of halogens is 3. The zero-order valence-electron chi connectivity index (χ0n) is 10.1. The van der Waals surface area contributed by atoms with Gasteiger partial charge in [-0.1, -0.05) is 6.08 Å². The minimum absolute atomic E-state index is 0.0662. The van der Waals surface area contributed by atoms with Crippen molar-refractivity contribution in [1.82, 2.24) is 4.90 Å². The average molecular weight is 263 g/mol. The number of hydrogen-bond donors (Lipinski definition) is 1. The molecule has 1 heterocycles. The summed E-state index contributed by atoms with van der Waals surface area (Å²) in [6.07, 6.45) is -3.58. The second kappa shape index (κ2) is 4.99. The summed E-state index contributed by atoms with van der Waals surface area (Å²) in [5.74, 6) is 0.0662. The largest absolute Gasteiger partial charge is 0.389 e. The van der Waals surface area contributed by atoms with E-state index in [9.17, 15) is 18.0 Å². The van der Waals surface area contributed by atoms with Crippen LogP contribution in [0.2, 0.25) is 0 Å². The first-order valence-corrected chi connectivity index (χ1v) is 5.54. The van der Waals surface area contributed by atoms with Crippen LogP contribution in [-0.4, -0.2) is 35.0 Å². The van der Waals surface area contributed by atoms with Crippen LogP contribution >= 0.6 is 0 Å². The van der Waals surface area contributed by atoms with Gasteiger partial charge in [-0.3, -0.25) is 0 Å². The van der Waals surface area contributed by atoms with Crippen LogP contribution in [0.4, 0.5) is 18.0 Å². The summed E-state index contributed by atoms with van der Waals surface area (Å²) in [5, 5.41) is 0. The molecule has 1 rings (SSSR count). The molecule has 0 fully saturated rings. The molecule has 1 aliphatic rings. The van der Waals surface area contributed by atoms with Crippen molar-refractivity contribution in [2.75, 3.05) is 6.54 Å². The zero-order chi connectivity index (χ0) is 14.0. The molecule has 0 saturated heterocycles. The highest BCUT2D eigenvalue weighted by Crippen LogP contribution is 2.31. The van der Waals surface area contributed by atoms with Crippen molar-refractivity contribution < 1.29 is 18.0 Å². The summed E-state index contributed by atoms with van der Waals surface area (Å²) in [7, 11) is 0. The minimum atomic E-state index is -4.20. The fourth-order valence-corrected chi connectivity index (χ4v) is 1.94. The fraction of sp³-hybridized carbons (Fsp3) is 0.636. The van der Waals surface area contributed by atoms with E-state index in [1.165, 1.54) is 11.0 Å². The Morgan fingerprint density at radius 1 is 1.56 bits per heavy atom. The summed E-state index contributed by atoms with van der Waals surface area (Å²) >= 11 is 0. The van der Waals surface area contributed by atoms with Crippen molar-refractivity contribution >= 4 is 11.9 Å². The third kappa shape index (κ3) is 3.02. The van der Waals surface area contributed by atoms with Crippen molar-refractivity contribution in [1.29, 1.82) is 0 Å². The van der Waals surface area contributed by atoms with E-state index >= 15 is 0 Å². The van der Waals surface area contributed by atoms with E-state index < -0.39 is 24.2 Å². The van der Waals surface area contributed by atoms with E-state index in [1.54, 1.807) is 6.92 Å². The Labute approximate surface area is 103 Å². The van der Waals surface area contributed by atoms with Gasteiger partial charge in [0.05, 0.1) is 5.54 Å². The van der Waals surface area contributed by atoms with Gasteiger partial charge in [0, 0.05) is 13.0 Å². The number of amides is 2. The van der Waals surface area contributed by atoms with Crippen LogP contribution < -0.4 is 5.73 Å². The number of carbonyl (C=O) groups is 1. The highest BCUT2D eigenvalue weighted by molar-refractivity contribution is 6.05. The molecule has 0 aromatic rings. The standard InChI is InChI=1S/C11H16F3N3O/c1-3-7-17-9(18)16-8(15)10(17,2)5-4-6-11(12,13)14/h3H,1,4-7H2,2H3,(H2,15,16,18). The highest BCUT2D eigenvalue weighted by atomic mass is 19.4. The number of nitrogens with two attached hydrogens (primary N) is 1.